The van der Waals surface area contributed by atoms with E-state index in [1.54, 1.807) is 0 Å². The molecule has 0 aromatic carbocycles. The van der Waals surface area contributed by atoms with E-state index in [4.69, 9.17) is 15.4 Å². The molecule has 0 saturated carbocycles. The van der Waals surface area contributed by atoms with E-state index < -0.39 is 45.1 Å². The number of hydrogen-bond acceptors (Lipinski definition) is 9. The van der Waals surface area contributed by atoms with Gasteiger partial charge in [-0.3, -0.25) is 0 Å². The van der Waals surface area contributed by atoms with Crippen LogP contribution in [0.2, 0.25) is 0 Å². The van der Waals surface area contributed by atoms with Crippen LogP contribution in [0.25, 0.3) is 11.2 Å². The van der Waals surface area contributed by atoms with E-state index in [0.717, 1.165) is 10.9 Å². The normalized spacial score (nSPS) is 28.4. The Morgan fingerprint density at radius 2 is 2.26 bits per heavy atom. The number of fused-ring (bicyclic) bond motifs is 1. The van der Waals surface area contributed by atoms with Crippen LogP contribution >= 0.6 is 8.25 Å². The molecule has 2 aromatic rings. The number of nitrogen functional groups attached to an aromatic ring is 1. The molecule has 13 heteroatoms. The highest BCUT2D eigenvalue weighted by Gasteiger charge is 2.50. The van der Waals surface area contributed by atoms with Crippen LogP contribution in [0.4, 0.5) is 5.82 Å². The average molecular weight is 346 g/mol. The van der Waals surface area contributed by atoms with Crippen LogP contribution in [0.3, 0.4) is 0 Å². The summed E-state index contributed by atoms with van der Waals surface area (Å²) >= 11 is 0. The molecule has 1 aliphatic rings. The van der Waals surface area contributed by atoms with Crippen molar-refractivity contribution in [3.8, 4) is 0 Å². The van der Waals surface area contributed by atoms with Crippen molar-refractivity contribution in [3.63, 3.8) is 0 Å². The fourth-order valence-electron chi connectivity index (χ4n) is 2.51. The third-order valence-electron chi connectivity index (χ3n) is 3.49. The smallest absolute Gasteiger partial charge is 0.394 e. The SMILES string of the molecule is Nc1ncnc2c1[nH]c(=O)n2[C@@H]1O[C@H](CO)C(O[P+](=O)O)[C@H]1O. The Kier molecular flexibility index (Phi) is 4.10. The molecular formula is C10H13N5O7P+. The van der Waals surface area contributed by atoms with Gasteiger partial charge in [-0.25, -0.2) is 19.3 Å². The number of rotatable bonds is 4. The predicted octanol–water partition coefficient (Wildman–Crippen LogP) is -2.01. The maximum Gasteiger partial charge on any atom is 0.695 e. The van der Waals surface area contributed by atoms with Gasteiger partial charge in [0.15, 0.2) is 23.8 Å². The van der Waals surface area contributed by atoms with Crippen molar-refractivity contribution in [2.75, 3.05) is 12.3 Å². The lowest BCUT2D eigenvalue weighted by Gasteiger charge is -2.15. The first-order valence-corrected chi connectivity index (χ1v) is 7.55. The zero-order chi connectivity index (χ0) is 16.7. The van der Waals surface area contributed by atoms with Gasteiger partial charge in [-0.05, 0) is 0 Å². The minimum Gasteiger partial charge on any atom is -0.394 e. The maximum absolute atomic E-state index is 12.1. The summed E-state index contributed by atoms with van der Waals surface area (Å²) in [6.07, 6.45) is -4.05. The first-order valence-electron chi connectivity index (χ1n) is 6.42. The van der Waals surface area contributed by atoms with Crippen LogP contribution in [0, 0.1) is 0 Å². The van der Waals surface area contributed by atoms with Gasteiger partial charge in [0.2, 0.25) is 0 Å². The number of nitrogens with zero attached hydrogens (tertiary/aromatic N) is 3. The quantitative estimate of drug-likeness (QED) is 0.387. The third-order valence-corrected chi connectivity index (χ3v) is 3.92. The zero-order valence-electron chi connectivity index (χ0n) is 11.4. The summed E-state index contributed by atoms with van der Waals surface area (Å²) in [5.74, 6) is 0.0308. The second kappa shape index (κ2) is 5.92. The average Bonchev–Trinajstić information content (AvgIpc) is 2.98. The molecule has 23 heavy (non-hydrogen) atoms. The van der Waals surface area contributed by atoms with Crippen LogP contribution in [0.15, 0.2) is 11.1 Å². The van der Waals surface area contributed by atoms with E-state index in [9.17, 15) is 19.6 Å². The molecule has 1 aliphatic heterocycles. The molecule has 2 unspecified atom stereocenters. The van der Waals surface area contributed by atoms with E-state index in [1.807, 2.05) is 0 Å². The van der Waals surface area contributed by atoms with Gasteiger partial charge in [0.25, 0.3) is 0 Å². The molecule has 3 heterocycles. The lowest BCUT2D eigenvalue weighted by atomic mass is 10.1. The Morgan fingerprint density at radius 1 is 1.52 bits per heavy atom. The van der Waals surface area contributed by atoms with Crippen molar-refractivity contribution in [3.05, 3.63) is 16.8 Å². The molecule has 124 valence electrons. The Labute approximate surface area is 128 Å². The molecule has 0 amide bonds. The van der Waals surface area contributed by atoms with Gasteiger partial charge >= 0.3 is 13.9 Å². The number of imidazole rings is 1. The summed E-state index contributed by atoms with van der Waals surface area (Å²) in [5, 5.41) is 19.6. The van der Waals surface area contributed by atoms with E-state index >= 15 is 0 Å². The Hall–Kier alpha value is -1.95. The number of nitrogens with two attached hydrogens (primary N) is 1. The largest absolute Gasteiger partial charge is 0.695 e. The predicted molar refractivity (Wildman–Crippen MR) is 74.3 cm³/mol. The fraction of sp³-hybridized carbons (Fsp3) is 0.500. The summed E-state index contributed by atoms with van der Waals surface area (Å²) in [6, 6.07) is 0. The third kappa shape index (κ3) is 2.61. The molecule has 5 atom stereocenters. The first-order chi connectivity index (χ1) is 10.9. The molecular weight excluding hydrogens is 333 g/mol. The summed E-state index contributed by atoms with van der Waals surface area (Å²) in [7, 11) is -3.04. The molecule has 0 bridgehead atoms. The van der Waals surface area contributed by atoms with Crippen molar-refractivity contribution < 1.29 is 28.9 Å². The Morgan fingerprint density at radius 3 is 2.91 bits per heavy atom. The van der Waals surface area contributed by atoms with Gasteiger partial charge in [0.05, 0.1) is 6.61 Å². The fourth-order valence-corrected chi connectivity index (χ4v) is 2.97. The monoisotopic (exact) mass is 346 g/mol. The molecule has 1 fully saturated rings. The number of aromatic nitrogens is 4. The van der Waals surface area contributed by atoms with E-state index in [2.05, 4.69) is 19.5 Å². The number of hydrogen-bond donors (Lipinski definition) is 5. The molecule has 0 spiro atoms. The van der Waals surface area contributed by atoms with Crippen LogP contribution in [-0.2, 0) is 13.8 Å². The van der Waals surface area contributed by atoms with E-state index in [0.29, 0.717) is 0 Å². The van der Waals surface area contributed by atoms with Gasteiger partial charge in [0.1, 0.15) is 24.1 Å². The zero-order valence-corrected chi connectivity index (χ0v) is 12.3. The van der Waals surface area contributed by atoms with Crippen molar-refractivity contribution >= 4 is 25.2 Å². The van der Waals surface area contributed by atoms with E-state index in [-0.39, 0.29) is 17.0 Å². The lowest BCUT2D eigenvalue weighted by Crippen LogP contribution is -2.36. The van der Waals surface area contributed by atoms with Crippen LogP contribution in [-0.4, -0.2) is 59.5 Å². The summed E-state index contributed by atoms with van der Waals surface area (Å²) in [5.41, 5.74) is 5.20. The Bertz CT molecular complexity index is 806. The van der Waals surface area contributed by atoms with E-state index in [1.165, 1.54) is 0 Å². The first kappa shape index (κ1) is 15.9. The van der Waals surface area contributed by atoms with Gasteiger partial charge in [-0.15, -0.1) is 9.42 Å². The standard InChI is InChI=1S/C10H12N5O7P/c11-7-4-8(13-2-12-7)15(10(18)14-4)9-5(17)6(22-23(19)20)3(1-16)21-9/h2-3,5-6,9,16-17H,1H2,(H3-,11,12,13,14,18,19,20)/p+1/t3-,5-,6?,9-/m1/s1. The summed E-state index contributed by atoms with van der Waals surface area (Å²) in [6.45, 7) is -0.588. The molecule has 6 N–H and O–H groups in total. The topological polar surface area (TPSA) is 186 Å². The van der Waals surface area contributed by atoms with Gasteiger partial charge in [-0.2, -0.15) is 0 Å². The maximum atomic E-state index is 12.1. The Balaban J connectivity index is 2.06. The minimum absolute atomic E-state index is 0.0308. The number of aliphatic hydroxyl groups excluding tert-OH is 2. The number of anilines is 1. The molecule has 1 saturated heterocycles. The number of H-pyrrole nitrogens is 1. The van der Waals surface area contributed by atoms with Crippen molar-refractivity contribution in [1.82, 2.24) is 19.5 Å². The van der Waals surface area contributed by atoms with Gasteiger partial charge < -0.3 is 25.7 Å². The van der Waals surface area contributed by atoms with Crippen molar-refractivity contribution in [1.29, 1.82) is 0 Å². The lowest BCUT2D eigenvalue weighted by molar-refractivity contribution is -0.0518. The molecule has 0 radical (unpaired) electrons. The van der Waals surface area contributed by atoms with Crippen molar-refractivity contribution in [2.24, 2.45) is 0 Å². The second-order valence-corrected chi connectivity index (χ2v) is 5.49. The summed E-state index contributed by atoms with van der Waals surface area (Å²) in [4.78, 5) is 31.1. The van der Waals surface area contributed by atoms with Gasteiger partial charge in [-0.1, -0.05) is 0 Å². The highest BCUT2D eigenvalue weighted by atomic mass is 31.1. The number of aliphatic hydroxyl groups is 2. The van der Waals surface area contributed by atoms with Crippen LogP contribution in [0.1, 0.15) is 6.23 Å². The second-order valence-electron chi connectivity index (χ2n) is 4.80. The molecule has 3 rings (SSSR count). The van der Waals surface area contributed by atoms with Crippen molar-refractivity contribution in [2.45, 2.75) is 24.5 Å². The highest BCUT2D eigenvalue weighted by molar-refractivity contribution is 7.32. The molecule has 0 aliphatic carbocycles. The van der Waals surface area contributed by atoms with Gasteiger partial charge in [0, 0.05) is 4.57 Å². The number of nitrogens with one attached hydrogen (secondary N) is 1. The minimum atomic E-state index is -3.04. The number of ether oxygens (including phenoxy) is 1. The molecule has 12 nitrogen and oxygen atoms in total. The van der Waals surface area contributed by atoms with Crippen LogP contribution < -0.4 is 11.4 Å². The van der Waals surface area contributed by atoms with Crippen LogP contribution in [0.5, 0.6) is 0 Å². The molecule has 2 aromatic heterocycles. The highest BCUT2D eigenvalue weighted by Crippen LogP contribution is 2.36. The summed E-state index contributed by atoms with van der Waals surface area (Å²) < 4.78 is 21.9. The number of aromatic amines is 1.